The molecular weight excluding hydrogens is 445 g/mol. The summed E-state index contributed by atoms with van der Waals surface area (Å²) in [6, 6.07) is 3.21. The second-order valence-electron chi connectivity index (χ2n) is 7.11. The van der Waals surface area contributed by atoms with E-state index in [1.807, 2.05) is 6.92 Å². The summed E-state index contributed by atoms with van der Waals surface area (Å²) in [4.78, 5) is 13.3. The van der Waals surface area contributed by atoms with Gasteiger partial charge in [0.05, 0.1) is 16.2 Å². The van der Waals surface area contributed by atoms with E-state index in [4.69, 9.17) is 0 Å². The molecule has 0 atom stereocenters. The maximum atomic E-state index is 12.7. The van der Waals surface area contributed by atoms with Gasteiger partial charge < -0.3 is 4.90 Å². The van der Waals surface area contributed by atoms with Crippen LogP contribution in [0.3, 0.4) is 0 Å². The number of rotatable bonds is 8. The van der Waals surface area contributed by atoms with E-state index >= 15 is 0 Å². The van der Waals surface area contributed by atoms with Gasteiger partial charge in [-0.2, -0.15) is 17.5 Å². The molecule has 1 heterocycles. The van der Waals surface area contributed by atoms with Crippen molar-refractivity contribution in [3.05, 3.63) is 29.8 Å². The zero-order valence-electron chi connectivity index (χ0n) is 16.6. The van der Waals surface area contributed by atoms with Crippen molar-refractivity contribution in [2.24, 2.45) is 0 Å². The average Bonchev–Trinajstić information content (AvgIpc) is 2.67. The second kappa shape index (κ2) is 9.65. The largest absolute Gasteiger partial charge is 0.416 e. The number of amides is 1. The fraction of sp³-hybridized carbons (Fsp3) is 0.611. The molecule has 0 N–H and O–H groups in total. The Balaban J connectivity index is 1.96. The number of benzene rings is 1. The molecule has 1 amide bonds. The molecule has 1 aromatic carbocycles. The van der Waals surface area contributed by atoms with Gasteiger partial charge in [0.15, 0.2) is 9.84 Å². The highest BCUT2D eigenvalue weighted by Gasteiger charge is 2.33. The number of halogens is 3. The number of hydrogen-bond acceptors (Lipinski definition) is 5. The standard InChI is InChI=1S/C18H25F3N2O5S2/c1-2-3-4-13-29(25,26)14-17(24)22-9-11-23(12-10-22)30(27,28)16-7-5-15(6-8-16)18(19,20)21/h5-8H,2-4,9-14H2,1H3. The number of carbonyl (C=O) groups excluding carboxylic acids is 1. The lowest BCUT2D eigenvalue weighted by molar-refractivity contribution is -0.137. The summed E-state index contributed by atoms with van der Waals surface area (Å²) in [6.07, 6.45) is -2.46. The summed E-state index contributed by atoms with van der Waals surface area (Å²) < 4.78 is 88.4. The summed E-state index contributed by atoms with van der Waals surface area (Å²) in [6.45, 7) is 1.85. The zero-order valence-corrected chi connectivity index (χ0v) is 18.2. The Hall–Kier alpha value is -1.66. The number of alkyl halides is 3. The van der Waals surface area contributed by atoms with Crippen LogP contribution < -0.4 is 0 Å². The average molecular weight is 471 g/mol. The predicted octanol–water partition coefficient (Wildman–Crippen LogP) is 2.14. The lowest BCUT2D eigenvalue weighted by atomic mass is 10.2. The molecule has 1 saturated heterocycles. The van der Waals surface area contributed by atoms with Crippen molar-refractivity contribution < 1.29 is 34.8 Å². The molecule has 30 heavy (non-hydrogen) atoms. The minimum Gasteiger partial charge on any atom is -0.339 e. The van der Waals surface area contributed by atoms with Crippen LogP contribution in [-0.4, -0.2) is 69.6 Å². The minimum absolute atomic E-state index is 0.0170. The molecule has 1 aromatic rings. The number of sulfone groups is 1. The maximum absolute atomic E-state index is 12.7. The summed E-state index contributed by atoms with van der Waals surface area (Å²) in [5, 5.41) is 0. The lowest BCUT2D eigenvalue weighted by Crippen LogP contribution is -2.51. The van der Waals surface area contributed by atoms with Crippen LogP contribution in [0, 0.1) is 0 Å². The van der Waals surface area contributed by atoms with E-state index in [-0.39, 0.29) is 36.8 Å². The van der Waals surface area contributed by atoms with Crippen molar-refractivity contribution in [1.29, 1.82) is 0 Å². The normalized spacial score (nSPS) is 16.6. The first kappa shape index (κ1) is 24.6. The van der Waals surface area contributed by atoms with Crippen LogP contribution in [0.15, 0.2) is 29.2 Å². The SMILES string of the molecule is CCCCCS(=O)(=O)CC(=O)N1CCN(S(=O)(=O)c2ccc(C(F)(F)F)cc2)CC1. The fourth-order valence-electron chi connectivity index (χ4n) is 3.07. The number of unbranched alkanes of at least 4 members (excludes halogenated alkanes) is 2. The molecule has 0 saturated carbocycles. The van der Waals surface area contributed by atoms with Crippen molar-refractivity contribution in [2.45, 2.75) is 37.3 Å². The van der Waals surface area contributed by atoms with Crippen LogP contribution in [0.1, 0.15) is 31.7 Å². The first-order valence-corrected chi connectivity index (χ1v) is 12.8. The van der Waals surface area contributed by atoms with Gasteiger partial charge in [0, 0.05) is 26.2 Å². The molecule has 0 radical (unpaired) electrons. The van der Waals surface area contributed by atoms with Crippen molar-refractivity contribution in [2.75, 3.05) is 37.7 Å². The Bertz CT molecular complexity index is 937. The van der Waals surface area contributed by atoms with Crippen LogP contribution in [0.5, 0.6) is 0 Å². The molecule has 0 aromatic heterocycles. The third-order valence-electron chi connectivity index (χ3n) is 4.81. The van der Waals surface area contributed by atoms with E-state index in [9.17, 15) is 34.8 Å². The van der Waals surface area contributed by atoms with E-state index in [1.165, 1.54) is 4.90 Å². The number of carbonyl (C=O) groups is 1. The van der Waals surface area contributed by atoms with Gasteiger partial charge in [-0.3, -0.25) is 4.79 Å². The highest BCUT2D eigenvalue weighted by Crippen LogP contribution is 2.30. The molecule has 0 aliphatic carbocycles. The molecule has 1 fully saturated rings. The molecule has 2 rings (SSSR count). The van der Waals surface area contributed by atoms with Gasteiger partial charge in [0.25, 0.3) is 0 Å². The van der Waals surface area contributed by atoms with Crippen molar-refractivity contribution in [3.8, 4) is 0 Å². The lowest BCUT2D eigenvalue weighted by Gasteiger charge is -2.34. The Kier molecular flexibility index (Phi) is 7.91. The van der Waals surface area contributed by atoms with Crippen LogP contribution in [0.25, 0.3) is 0 Å². The Labute approximate surface area is 174 Å². The van der Waals surface area contributed by atoms with Crippen LogP contribution in [-0.2, 0) is 30.8 Å². The zero-order chi connectivity index (χ0) is 22.6. The van der Waals surface area contributed by atoms with Gasteiger partial charge in [-0.05, 0) is 30.7 Å². The summed E-state index contributed by atoms with van der Waals surface area (Å²) >= 11 is 0. The molecule has 0 spiro atoms. The summed E-state index contributed by atoms with van der Waals surface area (Å²) in [7, 11) is -7.53. The monoisotopic (exact) mass is 470 g/mol. The van der Waals surface area contributed by atoms with Crippen LogP contribution >= 0.6 is 0 Å². The first-order valence-electron chi connectivity index (χ1n) is 9.52. The Morgan fingerprint density at radius 1 is 0.967 bits per heavy atom. The molecule has 0 unspecified atom stereocenters. The molecular formula is C18H25F3N2O5S2. The van der Waals surface area contributed by atoms with Gasteiger partial charge >= 0.3 is 6.18 Å². The van der Waals surface area contributed by atoms with Crippen LogP contribution in [0.4, 0.5) is 13.2 Å². The number of nitrogens with zero attached hydrogens (tertiary/aromatic N) is 2. The molecule has 7 nitrogen and oxygen atoms in total. The highest BCUT2D eigenvalue weighted by atomic mass is 32.2. The van der Waals surface area contributed by atoms with Crippen LogP contribution in [0.2, 0.25) is 0 Å². The molecule has 12 heteroatoms. The molecule has 170 valence electrons. The minimum atomic E-state index is -4.56. The van der Waals surface area contributed by atoms with Gasteiger partial charge in [0.1, 0.15) is 5.75 Å². The summed E-state index contributed by atoms with van der Waals surface area (Å²) in [5.41, 5.74) is -0.947. The summed E-state index contributed by atoms with van der Waals surface area (Å²) in [5.74, 6) is -1.24. The Morgan fingerprint density at radius 2 is 1.53 bits per heavy atom. The van der Waals surface area contributed by atoms with Gasteiger partial charge in [-0.25, -0.2) is 16.8 Å². The second-order valence-corrected chi connectivity index (χ2v) is 11.2. The third kappa shape index (κ3) is 6.42. The maximum Gasteiger partial charge on any atom is 0.416 e. The van der Waals surface area contributed by atoms with E-state index in [0.717, 1.165) is 29.3 Å². The fourth-order valence-corrected chi connectivity index (χ4v) is 5.84. The molecule has 1 aliphatic rings. The Morgan fingerprint density at radius 3 is 2.03 bits per heavy atom. The topological polar surface area (TPSA) is 91.8 Å². The van der Waals surface area contributed by atoms with Crippen molar-refractivity contribution in [1.82, 2.24) is 9.21 Å². The predicted molar refractivity (Wildman–Crippen MR) is 105 cm³/mol. The van der Waals surface area contributed by atoms with Crippen molar-refractivity contribution in [3.63, 3.8) is 0 Å². The van der Waals surface area contributed by atoms with E-state index < -0.39 is 43.3 Å². The smallest absolute Gasteiger partial charge is 0.339 e. The number of piperazine rings is 1. The van der Waals surface area contributed by atoms with Gasteiger partial charge in [-0.15, -0.1) is 0 Å². The van der Waals surface area contributed by atoms with E-state index in [2.05, 4.69) is 0 Å². The van der Waals surface area contributed by atoms with E-state index in [1.54, 1.807) is 0 Å². The van der Waals surface area contributed by atoms with E-state index in [0.29, 0.717) is 18.6 Å². The molecule has 1 aliphatic heterocycles. The highest BCUT2D eigenvalue weighted by molar-refractivity contribution is 7.92. The quantitative estimate of drug-likeness (QED) is 0.543. The molecule has 0 bridgehead atoms. The third-order valence-corrected chi connectivity index (χ3v) is 8.32. The first-order chi connectivity index (χ1) is 13.9. The number of sulfonamides is 1. The van der Waals surface area contributed by atoms with Gasteiger partial charge in [-0.1, -0.05) is 19.8 Å². The van der Waals surface area contributed by atoms with Crippen molar-refractivity contribution >= 4 is 25.8 Å². The van der Waals surface area contributed by atoms with Gasteiger partial charge in [0.2, 0.25) is 15.9 Å². The number of hydrogen-bond donors (Lipinski definition) is 0.